The molecule has 0 saturated carbocycles. The molecular formula is C18H21NOS. The monoisotopic (exact) mass is 299 g/mol. The lowest BCUT2D eigenvalue weighted by Gasteiger charge is -2.10. The van der Waals surface area contributed by atoms with Gasteiger partial charge in [-0.15, -0.1) is 11.8 Å². The van der Waals surface area contributed by atoms with E-state index in [0.29, 0.717) is 5.25 Å². The standard InChI is InChI=1S/C18H21NOS/c1-20-16-8-6-14(7-9-16)10-11-19-13-17-12-15-4-2-3-5-18(15)21-17/h2-9,17,19H,10-13H2,1H3. The molecule has 1 unspecified atom stereocenters. The summed E-state index contributed by atoms with van der Waals surface area (Å²) in [7, 11) is 1.70. The summed E-state index contributed by atoms with van der Waals surface area (Å²) in [6.45, 7) is 2.11. The molecule has 1 N–H and O–H groups in total. The molecule has 0 bridgehead atoms. The van der Waals surface area contributed by atoms with E-state index in [1.807, 2.05) is 23.9 Å². The third-order valence-electron chi connectivity index (χ3n) is 3.84. The van der Waals surface area contributed by atoms with Crippen LogP contribution in [0.25, 0.3) is 0 Å². The molecular weight excluding hydrogens is 278 g/mol. The van der Waals surface area contributed by atoms with Gasteiger partial charge in [-0.3, -0.25) is 0 Å². The fourth-order valence-corrected chi connectivity index (χ4v) is 3.94. The Hall–Kier alpha value is -1.45. The first-order chi connectivity index (χ1) is 10.3. The van der Waals surface area contributed by atoms with E-state index in [1.165, 1.54) is 22.4 Å². The normalized spacial score (nSPS) is 16.7. The van der Waals surface area contributed by atoms with Gasteiger partial charge in [0.1, 0.15) is 5.75 Å². The maximum Gasteiger partial charge on any atom is 0.118 e. The number of methoxy groups -OCH3 is 1. The van der Waals surface area contributed by atoms with Crippen LogP contribution in [0, 0.1) is 0 Å². The first kappa shape index (κ1) is 14.5. The van der Waals surface area contributed by atoms with Gasteiger partial charge in [0.05, 0.1) is 7.11 Å². The van der Waals surface area contributed by atoms with Crippen molar-refractivity contribution >= 4 is 11.8 Å². The van der Waals surface area contributed by atoms with Crippen molar-refractivity contribution in [3.05, 3.63) is 59.7 Å². The molecule has 21 heavy (non-hydrogen) atoms. The molecule has 2 aromatic rings. The fraction of sp³-hybridized carbons (Fsp3) is 0.333. The number of hydrogen-bond donors (Lipinski definition) is 1. The molecule has 0 fully saturated rings. The quantitative estimate of drug-likeness (QED) is 0.824. The maximum absolute atomic E-state index is 5.17. The van der Waals surface area contributed by atoms with Gasteiger partial charge >= 0.3 is 0 Å². The minimum absolute atomic E-state index is 0.679. The highest BCUT2D eigenvalue weighted by atomic mass is 32.2. The van der Waals surface area contributed by atoms with E-state index in [-0.39, 0.29) is 0 Å². The van der Waals surface area contributed by atoms with Crippen LogP contribution in [0.5, 0.6) is 5.75 Å². The fourth-order valence-electron chi connectivity index (χ4n) is 2.66. The van der Waals surface area contributed by atoms with Crippen LogP contribution in [0.1, 0.15) is 11.1 Å². The molecule has 0 spiro atoms. The van der Waals surface area contributed by atoms with Gasteiger partial charge in [-0.2, -0.15) is 0 Å². The van der Waals surface area contributed by atoms with Crippen LogP contribution in [-0.4, -0.2) is 25.4 Å². The van der Waals surface area contributed by atoms with Gasteiger partial charge in [0, 0.05) is 16.7 Å². The summed E-state index contributed by atoms with van der Waals surface area (Å²) >= 11 is 2.01. The average molecular weight is 299 g/mol. The Morgan fingerprint density at radius 1 is 1.14 bits per heavy atom. The van der Waals surface area contributed by atoms with E-state index in [0.717, 1.165) is 25.3 Å². The van der Waals surface area contributed by atoms with E-state index in [9.17, 15) is 0 Å². The second-order valence-corrected chi connectivity index (χ2v) is 6.70. The van der Waals surface area contributed by atoms with Crippen molar-refractivity contribution in [3.63, 3.8) is 0 Å². The Kier molecular flexibility index (Phi) is 4.84. The van der Waals surface area contributed by atoms with E-state index in [1.54, 1.807) is 7.11 Å². The molecule has 1 atom stereocenters. The molecule has 1 aliphatic rings. The van der Waals surface area contributed by atoms with Crippen molar-refractivity contribution in [2.75, 3.05) is 20.2 Å². The van der Waals surface area contributed by atoms with Crippen molar-refractivity contribution in [1.29, 1.82) is 0 Å². The zero-order valence-corrected chi connectivity index (χ0v) is 13.2. The molecule has 0 radical (unpaired) electrons. The Bertz CT molecular complexity index is 557. The maximum atomic E-state index is 5.17. The molecule has 0 saturated heterocycles. The van der Waals surface area contributed by atoms with Gasteiger partial charge in [0.25, 0.3) is 0 Å². The zero-order chi connectivity index (χ0) is 14.5. The molecule has 2 nitrogen and oxygen atoms in total. The van der Waals surface area contributed by atoms with E-state index in [2.05, 4.69) is 41.7 Å². The van der Waals surface area contributed by atoms with Crippen LogP contribution in [0.15, 0.2) is 53.4 Å². The van der Waals surface area contributed by atoms with Gasteiger partial charge in [-0.1, -0.05) is 30.3 Å². The number of benzene rings is 2. The first-order valence-corrected chi connectivity index (χ1v) is 8.31. The van der Waals surface area contributed by atoms with Gasteiger partial charge < -0.3 is 10.1 Å². The minimum Gasteiger partial charge on any atom is -0.497 e. The number of rotatable bonds is 6. The van der Waals surface area contributed by atoms with Gasteiger partial charge in [0.2, 0.25) is 0 Å². The van der Waals surface area contributed by atoms with Crippen molar-refractivity contribution in [3.8, 4) is 5.75 Å². The van der Waals surface area contributed by atoms with Crippen molar-refractivity contribution in [2.24, 2.45) is 0 Å². The summed E-state index contributed by atoms with van der Waals surface area (Å²) in [5, 5.41) is 4.27. The van der Waals surface area contributed by atoms with Crippen LogP contribution >= 0.6 is 11.8 Å². The third-order valence-corrected chi connectivity index (χ3v) is 5.15. The molecule has 0 aromatic heterocycles. The van der Waals surface area contributed by atoms with Gasteiger partial charge in [-0.05, 0) is 48.7 Å². The summed E-state index contributed by atoms with van der Waals surface area (Å²) in [5.41, 5.74) is 2.86. The number of thioether (sulfide) groups is 1. The summed E-state index contributed by atoms with van der Waals surface area (Å²) < 4.78 is 5.17. The molecule has 110 valence electrons. The van der Waals surface area contributed by atoms with Crippen molar-refractivity contribution < 1.29 is 4.74 Å². The predicted octanol–water partition coefficient (Wildman–Crippen LogP) is 3.54. The number of fused-ring (bicyclic) bond motifs is 1. The molecule has 3 heteroatoms. The smallest absolute Gasteiger partial charge is 0.118 e. The van der Waals surface area contributed by atoms with Crippen LogP contribution < -0.4 is 10.1 Å². The van der Waals surface area contributed by atoms with Crippen LogP contribution in [0.4, 0.5) is 0 Å². The highest BCUT2D eigenvalue weighted by molar-refractivity contribution is 8.00. The largest absolute Gasteiger partial charge is 0.497 e. The second kappa shape index (κ2) is 7.01. The lowest BCUT2D eigenvalue weighted by atomic mass is 10.1. The van der Waals surface area contributed by atoms with Crippen LogP contribution in [-0.2, 0) is 12.8 Å². The SMILES string of the molecule is COc1ccc(CCNCC2Cc3ccccc3S2)cc1. The number of ether oxygens (including phenoxy) is 1. The molecule has 1 aliphatic heterocycles. The van der Waals surface area contributed by atoms with Crippen LogP contribution in [0.2, 0.25) is 0 Å². The average Bonchev–Trinajstić information content (AvgIpc) is 2.95. The Morgan fingerprint density at radius 3 is 2.71 bits per heavy atom. The molecule has 0 aliphatic carbocycles. The second-order valence-electron chi connectivity index (χ2n) is 5.35. The lowest BCUT2D eigenvalue weighted by molar-refractivity contribution is 0.414. The van der Waals surface area contributed by atoms with E-state index >= 15 is 0 Å². The van der Waals surface area contributed by atoms with Crippen molar-refractivity contribution in [1.82, 2.24) is 5.32 Å². The van der Waals surface area contributed by atoms with Crippen molar-refractivity contribution in [2.45, 2.75) is 23.0 Å². The van der Waals surface area contributed by atoms with Crippen LogP contribution in [0.3, 0.4) is 0 Å². The van der Waals surface area contributed by atoms with E-state index < -0.39 is 0 Å². The summed E-state index contributed by atoms with van der Waals surface area (Å²) in [6, 6.07) is 17.1. The van der Waals surface area contributed by atoms with E-state index in [4.69, 9.17) is 4.74 Å². The summed E-state index contributed by atoms with van der Waals surface area (Å²) in [6.07, 6.45) is 2.25. The lowest BCUT2D eigenvalue weighted by Crippen LogP contribution is -2.26. The molecule has 0 amide bonds. The topological polar surface area (TPSA) is 21.3 Å². The minimum atomic E-state index is 0.679. The summed E-state index contributed by atoms with van der Waals surface area (Å²) in [5.74, 6) is 0.923. The summed E-state index contributed by atoms with van der Waals surface area (Å²) in [4.78, 5) is 1.46. The third kappa shape index (κ3) is 3.80. The Morgan fingerprint density at radius 2 is 1.95 bits per heavy atom. The zero-order valence-electron chi connectivity index (χ0n) is 12.3. The molecule has 1 heterocycles. The molecule has 3 rings (SSSR count). The molecule has 2 aromatic carbocycles. The number of hydrogen-bond acceptors (Lipinski definition) is 3. The first-order valence-electron chi connectivity index (χ1n) is 7.43. The highest BCUT2D eigenvalue weighted by Crippen LogP contribution is 2.36. The van der Waals surface area contributed by atoms with Gasteiger partial charge in [-0.25, -0.2) is 0 Å². The Labute approximate surface area is 130 Å². The Balaban J connectivity index is 1.39. The highest BCUT2D eigenvalue weighted by Gasteiger charge is 2.20. The number of nitrogens with one attached hydrogen (secondary N) is 1. The van der Waals surface area contributed by atoms with Gasteiger partial charge in [0.15, 0.2) is 0 Å². The predicted molar refractivity (Wildman–Crippen MR) is 89.4 cm³/mol.